The molecular formula is C25H27NO4. The van der Waals surface area contributed by atoms with Gasteiger partial charge in [0, 0.05) is 29.5 Å². The van der Waals surface area contributed by atoms with Crippen LogP contribution in [-0.2, 0) is 11.8 Å². The van der Waals surface area contributed by atoms with Crippen molar-refractivity contribution in [1.29, 1.82) is 0 Å². The van der Waals surface area contributed by atoms with E-state index in [2.05, 4.69) is 17.4 Å². The second-order valence-corrected chi connectivity index (χ2v) is 9.06. The van der Waals surface area contributed by atoms with E-state index in [0.29, 0.717) is 19.7 Å². The van der Waals surface area contributed by atoms with Crippen molar-refractivity contribution >= 4 is 11.0 Å². The van der Waals surface area contributed by atoms with Gasteiger partial charge in [-0.3, -0.25) is 0 Å². The molecule has 1 fully saturated rings. The van der Waals surface area contributed by atoms with Gasteiger partial charge in [-0.05, 0) is 43.0 Å². The molecule has 5 nitrogen and oxygen atoms in total. The monoisotopic (exact) mass is 405 g/mol. The van der Waals surface area contributed by atoms with Crippen LogP contribution in [0.1, 0.15) is 36.8 Å². The zero-order valence-corrected chi connectivity index (χ0v) is 17.0. The number of ether oxygens (including phenoxy) is 2. The normalized spacial score (nSPS) is 26.4. The third-order valence-electron chi connectivity index (χ3n) is 7.37. The quantitative estimate of drug-likeness (QED) is 0.673. The minimum Gasteiger partial charge on any atom is -0.486 e. The number of benzene rings is 2. The number of fused-ring (bicyclic) bond motifs is 4. The summed E-state index contributed by atoms with van der Waals surface area (Å²) in [4.78, 5) is 0. The number of aliphatic hydroxyl groups is 1. The maximum absolute atomic E-state index is 11.7. The van der Waals surface area contributed by atoms with Crippen molar-refractivity contribution in [3.63, 3.8) is 0 Å². The summed E-state index contributed by atoms with van der Waals surface area (Å²) in [5.41, 5.74) is 2.43. The molecule has 2 N–H and O–H groups in total. The van der Waals surface area contributed by atoms with E-state index in [1.807, 2.05) is 30.3 Å². The van der Waals surface area contributed by atoms with E-state index in [1.165, 1.54) is 11.1 Å². The van der Waals surface area contributed by atoms with Crippen molar-refractivity contribution in [2.24, 2.45) is 0 Å². The summed E-state index contributed by atoms with van der Waals surface area (Å²) in [5, 5.41) is 16.5. The first-order chi connectivity index (χ1) is 14.7. The van der Waals surface area contributed by atoms with E-state index in [9.17, 15) is 5.11 Å². The van der Waals surface area contributed by atoms with E-state index < -0.39 is 5.60 Å². The summed E-state index contributed by atoms with van der Waals surface area (Å²) < 4.78 is 17.9. The third kappa shape index (κ3) is 2.62. The maximum Gasteiger partial charge on any atom is 0.161 e. The Morgan fingerprint density at radius 3 is 2.73 bits per heavy atom. The molecule has 156 valence electrons. The zero-order chi connectivity index (χ0) is 20.2. The Morgan fingerprint density at radius 2 is 1.87 bits per heavy atom. The smallest absolute Gasteiger partial charge is 0.161 e. The lowest BCUT2D eigenvalue weighted by Crippen LogP contribution is -2.62. The summed E-state index contributed by atoms with van der Waals surface area (Å²) in [6.07, 6.45) is 6.45. The van der Waals surface area contributed by atoms with Crippen LogP contribution in [0.2, 0.25) is 0 Å². The van der Waals surface area contributed by atoms with Gasteiger partial charge in [-0.25, -0.2) is 0 Å². The van der Waals surface area contributed by atoms with Crippen molar-refractivity contribution in [2.75, 3.05) is 19.7 Å². The highest BCUT2D eigenvalue weighted by Gasteiger charge is 2.59. The van der Waals surface area contributed by atoms with Crippen LogP contribution in [0.3, 0.4) is 0 Å². The van der Waals surface area contributed by atoms with Crippen molar-refractivity contribution in [3.05, 3.63) is 59.9 Å². The van der Waals surface area contributed by atoms with Crippen LogP contribution in [0.4, 0.5) is 0 Å². The molecule has 1 saturated carbocycles. The molecule has 0 radical (unpaired) electrons. The second kappa shape index (κ2) is 6.76. The van der Waals surface area contributed by atoms with E-state index in [1.54, 1.807) is 6.26 Å². The van der Waals surface area contributed by atoms with Crippen LogP contribution in [0, 0.1) is 0 Å². The Kier molecular flexibility index (Phi) is 4.12. The molecule has 1 unspecified atom stereocenters. The first-order valence-corrected chi connectivity index (χ1v) is 11.0. The van der Waals surface area contributed by atoms with Crippen LogP contribution in [0.5, 0.6) is 11.5 Å². The summed E-state index contributed by atoms with van der Waals surface area (Å²) in [5.74, 6) is 1.60. The van der Waals surface area contributed by atoms with Gasteiger partial charge in [0.2, 0.25) is 0 Å². The van der Waals surface area contributed by atoms with Crippen LogP contribution in [-0.4, -0.2) is 36.5 Å². The molecule has 2 heterocycles. The number of hydrogen-bond acceptors (Lipinski definition) is 5. The molecular weight excluding hydrogens is 378 g/mol. The molecule has 0 saturated heterocycles. The van der Waals surface area contributed by atoms with Crippen molar-refractivity contribution in [1.82, 2.24) is 5.32 Å². The fraction of sp³-hybridized carbons (Fsp3) is 0.440. The summed E-state index contributed by atoms with van der Waals surface area (Å²) in [7, 11) is 0. The SMILES string of the molecule is OC1(C2(CNC[C@H]3COc4ccccc4O3)Cc3ccc4ccoc4c32)CCCC1. The Balaban J connectivity index is 1.25. The summed E-state index contributed by atoms with van der Waals surface area (Å²) in [6.45, 7) is 1.91. The molecule has 3 aromatic rings. The predicted molar refractivity (Wildman–Crippen MR) is 114 cm³/mol. The molecule has 2 aliphatic carbocycles. The van der Waals surface area contributed by atoms with E-state index in [0.717, 1.165) is 54.6 Å². The minimum absolute atomic E-state index is 0.0471. The van der Waals surface area contributed by atoms with Gasteiger partial charge in [0.1, 0.15) is 18.3 Å². The maximum atomic E-state index is 11.7. The van der Waals surface area contributed by atoms with Gasteiger partial charge in [-0.15, -0.1) is 0 Å². The molecule has 2 aromatic carbocycles. The van der Waals surface area contributed by atoms with Gasteiger partial charge >= 0.3 is 0 Å². The fourth-order valence-corrected chi connectivity index (χ4v) is 5.81. The van der Waals surface area contributed by atoms with Crippen molar-refractivity contribution in [2.45, 2.75) is 49.2 Å². The summed E-state index contributed by atoms with van der Waals surface area (Å²) >= 11 is 0. The van der Waals surface area contributed by atoms with Gasteiger partial charge in [-0.2, -0.15) is 0 Å². The highest BCUT2D eigenvalue weighted by molar-refractivity contribution is 5.85. The van der Waals surface area contributed by atoms with Crippen molar-refractivity contribution < 1.29 is 19.0 Å². The number of hydrogen-bond donors (Lipinski definition) is 2. The van der Waals surface area contributed by atoms with Crippen LogP contribution in [0.25, 0.3) is 11.0 Å². The molecule has 0 bridgehead atoms. The zero-order valence-electron chi connectivity index (χ0n) is 17.0. The molecule has 6 rings (SSSR count). The first-order valence-electron chi connectivity index (χ1n) is 11.0. The number of para-hydroxylation sites is 2. The van der Waals surface area contributed by atoms with Gasteiger partial charge in [0.25, 0.3) is 0 Å². The Morgan fingerprint density at radius 1 is 1.03 bits per heavy atom. The lowest BCUT2D eigenvalue weighted by Gasteiger charge is -2.53. The topological polar surface area (TPSA) is 63.9 Å². The Hall–Kier alpha value is -2.50. The highest BCUT2D eigenvalue weighted by atomic mass is 16.6. The molecule has 0 amide bonds. The average Bonchev–Trinajstić information content (AvgIpc) is 3.39. The van der Waals surface area contributed by atoms with Gasteiger partial charge in [-0.1, -0.05) is 37.1 Å². The van der Waals surface area contributed by atoms with E-state index in [-0.39, 0.29) is 11.5 Å². The minimum atomic E-state index is -0.690. The lowest BCUT2D eigenvalue weighted by atomic mass is 9.54. The number of nitrogens with one attached hydrogen (secondary N) is 1. The Labute approximate surface area is 176 Å². The largest absolute Gasteiger partial charge is 0.486 e. The van der Waals surface area contributed by atoms with Crippen molar-refractivity contribution in [3.8, 4) is 11.5 Å². The predicted octanol–water partition coefficient (Wildman–Crippen LogP) is 3.96. The van der Waals surface area contributed by atoms with E-state index >= 15 is 0 Å². The van der Waals surface area contributed by atoms with Crippen LogP contribution in [0.15, 0.2) is 53.1 Å². The molecule has 2 atom stereocenters. The third-order valence-corrected chi connectivity index (χ3v) is 7.37. The molecule has 1 aromatic heterocycles. The standard InChI is InChI=1S/C25H27NO4/c27-25(10-3-4-11-25)24(13-18-8-7-17-9-12-28-23(17)22(18)24)16-26-14-19-15-29-20-5-1-2-6-21(20)30-19/h1-2,5-9,12,19,26-27H,3-4,10-11,13-16H2/t19-,24?/m0/s1. The molecule has 1 aliphatic heterocycles. The number of rotatable bonds is 5. The Bertz CT molecular complexity index is 1080. The number of furan rings is 1. The van der Waals surface area contributed by atoms with Crippen LogP contribution < -0.4 is 14.8 Å². The average molecular weight is 405 g/mol. The van der Waals surface area contributed by atoms with Crippen LogP contribution >= 0.6 is 0 Å². The van der Waals surface area contributed by atoms with Gasteiger partial charge in [0.05, 0.1) is 11.9 Å². The molecule has 3 aliphatic rings. The first kappa shape index (κ1) is 18.3. The highest BCUT2D eigenvalue weighted by Crippen LogP contribution is 2.56. The van der Waals surface area contributed by atoms with Gasteiger partial charge in [0.15, 0.2) is 11.5 Å². The fourth-order valence-electron chi connectivity index (χ4n) is 5.81. The second-order valence-electron chi connectivity index (χ2n) is 9.06. The van der Waals surface area contributed by atoms with E-state index in [4.69, 9.17) is 13.9 Å². The summed E-state index contributed by atoms with van der Waals surface area (Å²) in [6, 6.07) is 14.1. The lowest BCUT2D eigenvalue weighted by molar-refractivity contribution is -0.0468. The molecule has 0 spiro atoms. The van der Waals surface area contributed by atoms with Gasteiger partial charge < -0.3 is 24.3 Å². The molecule has 5 heteroatoms. The molecule has 30 heavy (non-hydrogen) atoms.